The van der Waals surface area contributed by atoms with Crippen molar-refractivity contribution in [2.24, 2.45) is 10.4 Å². The van der Waals surface area contributed by atoms with Gasteiger partial charge in [-0.1, -0.05) is 18.2 Å². The fourth-order valence-electron chi connectivity index (χ4n) is 3.07. The zero-order valence-electron chi connectivity index (χ0n) is 16.1. The summed E-state index contributed by atoms with van der Waals surface area (Å²) in [7, 11) is 1.42. The quantitative estimate of drug-likeness (QED) is 0.582. The maximum Gasteiger partial charge on any atom is 0.311 e. The number of fused-ring (bicyclic) bond motifs is 1. The lowest BCUT2D eigenvalue weighted by molar-refractivity contribution is -0.151. The molecule has 1 heterocycles. The zero-order chi connectivity index (χ0) is 19.3. The summed E-state index contributed by atoms with van der Waals surface area (Å²) in [6.45, 7) is 5.03. The van der Waals surface area contributed by atoms with Crippen LogP contribution in [0.5, 0.6) is 5.75 Å². The molecule has 5 nitrogen and oxygen atoms in total. The number of methoxy groups -OCH3 is 1. The van der Waals surface area contributed by atoms with E-state index in [2.05, 4.69) is 22.4 Å². The second kappa shape index (κ2) is 8.25. The molecule has 3 rings (SSSR count). The van der Waals surface area contributed by atoms with Crippen LogP contribution < -0.4 is 10.1 Å². The number of para-hydroxylation sites is 1. The van der Waals surface area contributed by atoms with Gasteiger partial charge in [0.15, 0.2) is 0 Å². The average Bonchev–Trinajstić information content (AvgIpc) is 2.70. The van der Waals surface area contributed by atoms with E-state index in [1.54, 1.807) is 0 Å². The number of nitrogens with zero attached hydrogens (tertiary/aromatic N) is 1. The molecule has 2 aromatic carbocycles. The summed E-state index contributed by atoms with van der Waals surface area (Å²) < 4.78 is 10.6. The van der Waals surface area contributed by atoms with Crippen LogP contribution in [0.2, 0.25) is 0 Å². The van der Waals surface area contributed by atoms with Gasteiger partial charge in [-0.2, -0.15) is 0 Å². The van der Waals surface area contributed by atoms with Crippen LogP contribution in [-0.2, 0) is 16.1 Å². The molecule has 0 atom stereocenters. The molecule has 0 saturated heterocycles. The molecule has 1 aliphatic rings. The molecule has 1 aliphatic heterocycles. The van der Waals surface area contributed by atoms with Gasteiger partial charge in [0.25, 0.3) is 0 Å². The number of ether oxygens (including phenoxy) is 2. The lowest BCUT2D eigenvalue weighted by Crippen LogP contribution is -2.26. The lowest BCUT2D eigenvalue weighted by Gasteiger charge is -2.21. The minimum absolute atomic E-state index is 0.186. The van der Waals surface area contributed by atoms with E-state index in [4.69, 9.17) is 9.47 Å². The Morgan fingerprint density at radius 1 is 1.15 bits per heavy atom. The summed E-state index contributed by atoms with van der Waals surface area (Å²) in [4.78, 5) is 16.3. The SMILES string of the molecule is COC(=O)C(C)(C)CCCOc1ccc(C2=NCc3ccccc3N2)cc1. The molecule has 0 aromatic heterocycles. The summed E-state index contributed by atoms with van der Waals surface area (Å²) in [6, 6.07) is 16.1. The highest BCUT2D eigenvalue weighted by Crippen LogP contribution is 2.25. The van der Waals surface area contributed by atoms with E-state index in [0.717, 1.165) is 35.7 Å². The van der Waals surface area contributed by atoms with Gasteiger partial charge in [-0.3, -0.25) is 9.79 Å². The molecule has 0 amide bonds. The number of carbonyl (C=O) groups excluding carboxylic acids is 1. The molecule has 27 heavy (non-hydrogen) atoms. The Labute approximate surface area is 160 Å². The van der Waals surface area contributed by atoms with Gasteiger partial charge in [0.1, 0.15) is 11.6 Å². The Morgan fingerprint density at radius 2 is 1.89 bits per heavy atom. The Morgan fingerprint density at radius 3 is 2.63 bits per heavy atom. The summed E-state index contributed by atoms with van der Waals surface area (Å²) in [5, 5.41) is 3.38. The third kappa shape index (κ3) is 4.67. The minimum Gasteiger partial charge on any atom is -0.494 e. The van der Waals surface area contributed by atoms with Gasteiger partial charge < -0.3 is 14.8 Å². The van der Waals surface area contributed by atoms with E-state index in [1.807, 2.05) is 50.2 Å². The second-order valence-corrected chi connectivity index (χ2v) is 7.30. The molecular formula is C22H26N2O3. The van der Waals surface area contributed by atoms with Gasteiger partial charge in [0.2, 0.25) is 0 Å². The Bertz CT molecular complexity index is 826. The number of esters is 1. The number of aliphatic imine (C=N–C) groups is 1. The number of amidine groups is 1. The van der Waals surface area contributed by atoms with Crippen molar-refractivity contribution in [1.29, 1.82) is 0 Å². The first-order chi connectivity index (χ1) is 13.0. The van der Waals surface area contributed by atoms with Crippen molar-refractivity contribution in [1.82, 2.24) is 0 Å². The number of nitrogens with one attached hydrogen (secondary N) is 1. The smallest absolute Gasteiger partial charge is 0.311 e. The van der Waals surface area contributed by atoms with Crippen LogP contribution in [0.1, 0.15) is 37.8 Å². The third-order valence-corrected chi connectivity index (χ3v) is 4.76. The second-order valence-electron chi connectivity index (χ2n) is 7.30. The van der Waals surface area contributed by atoms with Gasteiger partial charge in [-0.15, -0.1) is 0 Å². The Hall–Kier alpha value is -2.82. The first-order valence-electron chi connectivity index (χ1n) is 9.20. The van der Waals surface area contributed by atoms with Gasteiger partial charge >= 0.3 is 5.97 Å². The molecule has 0 saturated carbocycles. The maximum atomic E-state index is 11.7. The highest BCUT2D eigenvalue weighted by Gasteiger charge is 2.27. The number of hydrogen-bond donors (Lipinski definition) is 1. The summed E-state index contributed by atoms with van der Waals surface area (Å²) in [5.41, 5.74) is 2.86. The number of anilines is 1. The van der Waals surface area contributed by atoms with Crippen LogP contribution in [0.15, 0.2) is 53.5 Å². The molecular weight excluding hydrogens is 340 g/mol. The molecule has 0 radical (unpaired) electrons. The first kappa shape index (κ1) is 19.0. The average molecular weight is 366 g/mol. The van der Waals surface area contributed by atoms with Gasteiger partial charge in [0.05, 0.1) is 25.7 Å². The number of benzene rings is 2. The normalized spacial score (nSPS) is 13.2. The van der Waals surface area contributed by atoms with E-state index >= 15 is 0 Å². The van der Waals surface area contributed by atoms with Crippen LogP contribution in [0, 0.1) is 5.41 Å². The van der Waals surface area contributed by atoms with E-state index in [1.165, 1.54) is 12.7 Å². The predicted molar refractivity (Wildman–Crippen MR) is 107 cm³/mol. The molecule has 0 bridgehead atoms. The van der Waals surface area contributed by atoms with Crippen LogP contribution in [-0.4, -0.2) is 25.5 Å². The monoisotopic (exact) mass is 366 g/mol. The molecule has 142 valence electrons. The lowest BCUT2D eigenvalue weighted by atomic mass is 9.88. The van der Waals surface area contributed by atoms with Crippen molar-refractivity contribution in [2.75, 3.05) is 19.0 Å². The van der Waals surface area contributed by atoms with Crippen molar-refractivity contribution in [3.63, 3.8) is 0 Å². The number of rotatable bonds is 7. The van der Waals surface area contributed by atoms with Gasteiger partial charge in [-0.25, -0.2) is 0 Å². The van der Waals surface area contributed by atoms with Crippen molar-refractivity contribution < 1.29 is 14.3 Å². The standard InChI is InChI=1S/C22H26N2O3/c1-22(2,21(25)26-3)13-6-14-27-18-11-9-16(10-12-18)20-23-15-17-7-4-5-8-19(17)24-20/h4-5,7-12H,6,13-15H2,1-3H3,(H,23,24). The molecule has 1 N–H and O–H groups in total. The molecule has 0 unspecified atom stereocenters. The summed E-state index contributed by atoms with van der Waals surface area (Å²) >= 11 is 0. The highest BCUT2D eigenvalue weighted by atomic mass is 16.5. The molecule has 0 spiro atoms. The van der Waals surface area contributed by atoms with Crippen LogP contribution in [0.4, 0.5) is 5.69 Å². The van der Waals surface area contributed by atoms with Crippen molar-refractivity contribution in [3.05, 3.63) is 59.7 Å². The van der Waals surface area contributed by atoms with E-state index in [0.29, 0.717) is 13.2 Å². The van der Waals surface area contributed by atoms with E-state index < -0.39 is 5.41 Å². The molecule has 0 fully saturated rings. The van der Waals surface area contributed by atoms with Crippen LogP contribution in [0.25, 0.3) is 0 Å². The molecule has 2 aromatic rings. The van der Waals surface area contributed by atoms with Crippen LogP contribution in [0.3, 0.4) is 0 Å². The van der Waals surface area contributed by atoms with Crippen molar-refractivity contribution in [2.45, 2.75) is 33.2 Å². The predicted octanol–water partition coefficient (Wildman–Crippen LogP) is 4.42. The van der Waals surface area contributed by atoms with Crippen molar-refractivity contribution >= 4 is 17.5 Å². The van der Waals surface area contributed by atoms with E-state index in [-0.39, 0.29) is 5.97 Å². The topological polar surface area (TPSA) is 59.9 Å². The van der Waals surface area contributed by atoms with Crippen molar-refractivity contribution in [3.8, 4) is 5.75 Å². The van der Waals surface area contributed by atoms with Crippen LogP contribution >= 0.6 is 0 Å². The number of hydrogen-bond acceptors (Lipinski definition) is 5. The molecule has 5 heteroatoms. The number of carbonyl (C=O) groups is 1. The Balaban J connectivity index is 1.51. The van der Waals surface area contributed by atoms with E-state index in [9.17, 15) is 4.79 Å². The Kier molecular flexibility index (Phi) is 5.79. The summed E-state index contributed by atoms with van der Waals surface area (Å²) in [5.74, 6) is 1.50. The third-order valence-electron chi connectivity index (χ3n) is 4.76. The fraction of sp³-hybridized carbons (Fsp3) is 0.364. The zero-order valence-corrected chi connectivity index (χ0v) is 16.1. The first-order valence-corrected chi connectivity index (χ1v) is 9.20. The summed E-state index contributed by atoms with van der Waals surface area (Å²) in [6.07, 6.45) is 1.51. The highest BCUT2D eigenvalue weighted by molar-refractivity contribution is 6.09. The fourth-order valence-corrected chi connectivity index (χ4v) is 3.07. The maximum absolute atomic E-state index is 11.7. The van der Waals surface area contributed by atoms with Gasteiger partial charge in [0, 0.05) is 11.3 Å². The molecule has 0 aliphatic carbocycles. The van der Waals surface area contributed by atoms with Gasteiger partial charge in [-0.05, 0) is 62.6 Å². The largest absolute Gasteiger partial charge is 0.494 e. The minimum atomic E-state index is -0.483.